The van der Waals surface area contributed by atoms with Crippen molar-refractivity contribution in [2.24, 2.45) is 5.92 Å². The van der Waals surface area contributed by atoms with Crippen LogP contribution < -0.4 is 4.90 Å². The Balaban J connectivity index is 1.75. The summed E-state index contributed by atoms with van der Waals surface area (Å²) < 4.78 is 5.35. The van der Waals surface area contributed by atoms with Gasteiger partial charge in [0.2, 0.25) is 5.89 Å². The van der Waals surface area contributed by atoms with Crippen LogP contribution in [0.4, 0.5) is 5.95 Å². The summed E-state index contributed by atoms with van der Waals surface area (Å²) in [7, 11) is 2.09. The van der Waals surface area contributed by atoms with Gasteiger partial charge < -0.3 is 19.4 Å². The Labute approximate surface area is 123 Å². The Morgan fingerprint density at radius 3 is 2.71 bits per heavy atom. The predicted octanol–water partition coefficient (Wildman–Crippen LogP) is 0.956. The predicted molar refractivity (Wildman–Crippen MR) is 76.2 cm³/mol. The van der Waals surface area contributed by atoms with Crippen molar-refractivity contribution in [2.75, 3.05) is 38.1 Å². The molecule has 1 fully saturated rings. The van der Waals surface area contributed by atoms with Crippen LogP contribution in [0.2, 0.25) is 0 Å². The van der Waals surface area contributed by atoms with Gasteiger partial charge in [-0.3, -0.25) is 4.79 Å². The smallest absolute Gasteiger partial charge is 0.307 e. The van der Waals surface area contributed by atoms with E-state index in [0.717, 1.165) is 26.2 Å². The first-order valence-corrected chi connectivity index (χ1v) is 7.30. The van der Waals surface area contributed by atoms with Gasteiger partial charge in [0.15, 0.2) is 0 Å². The summed E-state index contributed by atoms with van der Waals surface area (Å²) in [6.45, 7) is 3.66. The zero-order valence-corrected chi connectivity index (χ0v) is 12.1. The van der Waals surface area contributed by atoms with Gasteiger partial charge in [0, 0.05) is 26.2 Å². The third-order valence-corrected chi connectivity index (χ3v) is 4.28. The minimum absolute atomic E-state index is 0.221. The molecule has 1 aromatic heterocycles. The average molecular weight is 292 g/mol. The van der Waals surface area contributed by atoms with E-state index in [1.165, 1.54) is 0 Å². The molecule has 2 heterocycles. The molecule has 1 saturated heterocycles. The van der Waals surface area contributed by atoms with Crippen molar-refractivity contribution < 1.29 is 14.4 Å². The van der Waals surface area contributed by atoms with Crippen LogP contribution in [0.3, 0.4) is 0 Å². The quantitative estimate of drug-likeness (QED) is 0.831. The zero-order valence-electron chi connectivity index (χ0n) is 12.1. The van der Waals surface area contributed by atoms with E-state index < -0.39 is 11.9 Å². The Hall–Kier alpha value is -1.89. The molecule has 0 aromatic carbocycles. The highest BCUT2D eigenvalue weighted by Gasteiger charge is 2.34. The Morgan fingerprint density at radius 2 is 2.00 bits per heavy atom. The highest BCUT2D eigenvalue weighted by molar-refractivity contribution is 5.71. The van der Waals surface area contributed by atoms with Crippen LogP contribution in [0, 0.1) is 5.92 Å². The molecule has 7 heteroatoms. The van der Waals surface area contributed by atoms with E-state index >= 15 is 0 Å². The maximum atomic E-state index is 11.3. The summed E-state index contributed by atoms with van der Waals surface area (Å²) in [5.74, 6) is -0.474. The van der Waals surface area contributed by atoms with Gasteiger partial charge in [0.25, 0.3) is 5.95 Å². The molecule has 1 aliphatic carbocycles. The number of carboxylic acids is 1. The molecule has 0 amide bonds. The van der Waals surface area contributed by atoms with Gasteiger partial charge in [0.05, 0.1) is 11.8 Å². The van der Waals surface area contributed by atoms with Crippen LogP contribution in [0.25, 0.3) is 0 Å². The SMILES string of the molecule is CN1CCN(c2noc(C3CC=CCC3C(=O)O)n2)CC1. The fraction of sp³-hybridized carbons (Fsp3) is 0.643. The number of aromatic nitrogens is 2. The summed E-state index contributed by atoms with van der Waals surface area (Å²) in [5, 5.41) is 13.4. The normalized spacial score (nSPS) is 27.0. The second-order valence-electron chi connectivity index (χ2n) is 5.72. The number of anilines is 1. The second-order valence-corrected chi connectivity index (χ2v) is 5.72. The summed E-state index contributed by atoms with van der Waals surface area (Å²) in [6.07, 6.45) is 5.06. The Kier molecular flexibility index (Phi) is 3.92. The van der Waals surface area contributed by atoms with Crippen LogP contribution in [0.15, 0.2) is 16.7 Å². The van der Waals surface area contributed by atoms with Crippen LogP contribution >= 0.6 is 0 Å². The van der Waals surface area contributed by atoms with Crippen molar-refractivity contribution >= 4 is 11.9 Å². The number of piperazine rings is 1. The average Bonchev–Trinajstić information content (AvgIpc) is 2.97. The molecule has 0 spiro atoms. The molecule has 0 bridgehead atoms. The van der Waals surface area contributed by atoms with E-state index in [0.29, 0.717) is 24.7 Å². The molecular weight excluding hydrogens is 272 g/mol. The molecular formula is C14H20N4O3. The summed E-state index contributed by atoms with van der Waals surface area (Å²) in [5.41, 5.74) is 0. The van der Waals surface area contributed by atoms with E-state index in [4.69, 9.17) is 4.52 Å². The summed E-state index contributed by atoms with van der Waals surface area (Å²) in [4.78, 5) is 20.1. The number of hydrogen-bond donors (Lipinski definition) is 1. The van der Waals surface area contributed by atoms with Gasteiger partial charge in [-0.1, -0.05) is 12.2 Å². The lowest BCUT2D eigenvalue weighted by atomic mass is 9.83. The van der Waals surface area contributed by atoms with Gasteiger partial charge in [-0.2, -0.15) is 4.98 Å². The van der Waals surface area contributed by atoms with E-state index in [9.17, 15) is 9.90 Å². The highest BCUT2D eigenvalue weighted by atomic mass is 16.5. The number of carbonyl (C=O) groups is 1. The van der Waals surface area contributed by atoms with Gasteiger partial charge in [-0.15, -0.1) is 0 Å². The molecule has 1 aromatic rings. The topological polar surface area (TPSA) is 82.7 Å². The Morgan fingerprint density at radius 1 is 1.29 bits per heavy atom. The second kappa shape index (κ2) is 5.85. The van der Waals surface area contributed by atoms with Gasteiger partial charge >= 0.3 is 5.97 Å². The van der Waals surface area contributed by atoms with Crippen LogP contribution in [-0.2, 0) is 4.79 Å². The maximum Gasteiger partial charge on any atom is 0.307 e. The Bertz CT molecular complexity index is 534. The van der Waals surface area contributed by atoms with Crippen LogP contribution in [-0.4, -0.2) is 59.3 Å². The van der Waals surface area contributed by atoms with Crippen molar-refractivity contribution in [1.29, 1.82) is 0 Å². The molecule has 1 N–H and O–H groups in total. The molecule has 0 saturated carbocycles. The lowest BCUT2D eigenvalue weighted by molar-refractivity contribution is -0.142. The fourth-order valence-corrected chi connectivity index (χ4v) is 2.87. The lowest BCUT2D eigenvalue weighted by Crippen LogP contribution is -2.44. The van der Waals surface area contributed by atoms with E-state index in [1.807, 2.05) is 12.2 Å². The lowest BCUT2D eigenvalue weighted by Gasteiger charge is -2.31. The number of aliphatic carboxylic acids is 1. The monoisotopic (exact) mass is 292 g/mol. The minimum Gasteiger partial charge on any atom is -0.481 e. The number of carboxylic acid groups (broad SMARTS) is 1. The fourth-order valence-electron chi connectivity index (χ4n) is 2.87. The molecule has 114 valence electrons. The molecule has 0 radical (unpaired) electrons. The molecule has 2 atom stereocenters. The summed E-state index contributed by atoms with van der Waals surface area (Å²) in [6, 6.07) is 0. The van der Waals surface area contributed by atoms with Crippen LogP contribution in [0.5, 0.6) is 0 Å². The first-order chi connectivity index (χ1) is 10.1. The standard InChI is InChI=1S/C14H20N4O3/c1-17-6-8-18(9-7-17)14-15-12(21-16-14)10-4-2-3-5-11(10)13(19)20/h2-3,10-11H,4-9H2,1H3,(H,19,20). The van der Waals surface area contributed by atoms with Crippen molar-refractivity contribution in [3.63, 3.8) is 0 Å². The van der Waals surface area contributed by atoms with Gasteiger partial charge in [-0.25, -0.2) is 0 Å². The number of likely N-dealkylation sites (N-methyl/N-ethyl adjacent to an activating group) is 1. The highest BCUT2D eigenvalue weighted by Crippen LogP contribution is 2.34. The maximum absolute atomic E-state index is 11.3. The van der Waals surface area contributed by atoms with Gasteiger partial charge in [0.1, 0.15) is 0 Å². The van der Waals surface area contributed by atoms with Crippen molar-refractivity contribution in [1.82, 2.24) is 15.0 Å². The molecule has 2 aliphatic rings. The molecule has 7 nitrogen and oxygen atoms in total. The number of allylic oxidation sites excluding steroid dienone is 2. The first-order valence-electron chi connectivity index (χ1n) is 7.30. The third-order valence-electron chi connectivity index (χ3n) is 4.28. The van der Waals surface area contributed by atoms with Crippen molar-refractivity contribution in [3.8, 4) is 0 Å². The number of rotatable bonds is 3. The van der Waals surface area contributed by atoms with Gasteiger partial charge in [-0.05, 0) is 25.0 Å². The van der Waals surface area contributed by atoms with Crippen molar-refractivity contribution in [3.05, 3.63) is 18.0 Å². The minimum atomic E-state index is -0.802. The van der Waals surface area contributed by atoms with E-state index in [1.54, 1.807) is 0 Å². The molecule has 2 unspecified atom stereocenters. The molecule has 1 aliphatic heterocycles. The summed E-state index contributed by atoms with van der Waals surface area (Å²) >= 11 is 0. The van der Waals surface area contributed by atoms with E-state index in [-0.39, 0.29) is 5.92 Å². The zero-order chi connectivity index (χ0) is 14.8. The number of hydrogen-bond acceptors (Lipinski definition) is 6. The number of nitrogens with zero attached hydrogens (tertiary/aromatic N) is 4. The first kappa shape index (κ1) is 14.1. The largest absolute Gasteiger partial charge is 0.481 e. The third kappa shape index (κ3) is 2.92. The van der Waals surface area contributed by atoms with E-state index in [2.05, 4.69) is 27.0 Å². The van der Waals surface area contributed by atoms with Crippen LogP contribution in [0.1, 0.15) is 24.7 Å². The van der Waals surface area contributed by atoms with Crippen molar-refractivity contribution in [2.45, 2.75) is 18.8 Å². The molecule has 21 heavy (non-hydrogen) atoms. The molecule has 3 rings (SSSR count).